The Morgan fingerprint density at radius 3 is 2.67 bits per heavy atom. The lowest BCUT2D eigenvalue weighted by molar-refractivity contribution is -0.119. The van der Waals surface area contributed by atoms with Crippen LogP contribution >= 0.6 is 0 Å². The molecule has 0 aliphatic carbocycles. The Morgan fingerprint density at radius 1 is 1.44 bits per heavy atom. The summed E-state index contributed by atoms with van der Waals surface area (Å²) in [5.41, 5.74) is 5.72. The largest absolute Gasteiger partial charge is 0.384 e. The molecule has 1 amide bonds. The van der Waals surface area contributed by atoms with Crippen molar-refractivity contribution >= 4 is 17.5 Å². The van der Waals surface area contributed by atoms with Crippen molar-refractivity contribution in [2.24, 2.45) is 0 Å². The highest BCUT2D eigenvalue weighted by Gasteiger charge is 2.20. The molecule has 1 saturated heterocycles. The van der Waals surface area contributed by atoms with Crippen LogP contribution in [0.3, 0.4) is 0 Å². The number of rotatable bonds is 2. The monoisotopic (exact) mass is 249 g/mol. The molecule has 0 aromatic carbocycles. The number of nitrogens with one attached hydrogen (secondary N) is 1. The van der Waals surface area contributed by atoms with E-state index in [1.165, 1.54) is 0 Å². The van der Waals surface area contributed by atoms with Gasteiger partial charge < -0.3 is 16.0 Å². The second-order valence-corrected chi connectivity index (χ2v) is 4.66. The van der Waals surface area contributed by atoms with Crippen LogP contribution in [0.15, 0.2) is 6.07 Å². The van der Waals surface area contributed by atoms with Crippen molar-refractivity contribution in [3.05, 3.63) is 11.9 Å². The van der Waals surface area contributed by atoms with Crippen LogP contribution in [0.4, 0.5) is 11.6 Å². The molecule has 0 atom stereocenters. The fraction of sp³-hybridized carbons (Fsp3) is 0.583. The van der Waals surface area contributed by atoms with Crippen LogP contribution in [0, 0.1) is 6.92 Å². The first-order chi connectivity index (χ1) is 8.54. The number of nitrogen functional groups attached to an aromatic ring is 1. The molecule has 6 nitrogen and oxygen atoms in total. The van der Waals surface area contributed by atoms with Gasteiger partial charge in [-0.15, -0.1) is 0 Å². The maximum Gasteiger partial charge on any atom is 0.217 e. The molecular formula is C12H19N5O. The Balaban J connectivity index is 1.98. The van der Waals surface area contributed by atoms with Gasteiger partial charge in [-0.3, -0.25) is 4.79 Å². The quantitative estimate of drug-likeness (QED) is 0.796. The average molecular weight is 249 g/mol. The molecule has 1 aliphatic rings. The van der Waals surface area contributed by atoms with E-state index in [9.17, 15) is 4.79 Å². The van der Waals surface area contributed by atoms with E-state index in [2.05, 4.69) is 20.2 Å². The number of nitrogens with two attached hydrogens (primary N) is 1. The summed E-state index contributed by atoms with van der Waals surface area (Å²) in [5, 5.41) is 2.95. The highest BCUT2D eigenvalue weighted by molar-refractivity contribution is 5.73. The van der Waals surface area contributed by atoms with E-state index in [0.717, 1.165) is 31.7 Å². The van der Waals surface area contributed by atoms with Crippen molar-refractivity contribution in [2.45, 2.75) is 32.7 Å². The molecule has 0 bridgehead atoms. The van der Waals surface area contributed by atoms with Crippen molar-refractivity contribution < 1.29 is 4.79 Å². The number of carbonyl (C=O) groups excluding carboxylic acids is 1. The molecule has 18 heavy (non-hydrogen) atoms. The predicted octanol–water partition coefficient (Wildman–Crippen LogP) is 0.472. The van der Waals surface area contributed by atoms with E-state index in [1.807, 2.05) is 6.92 Å². The summed E-state index contributed by atoms with van der Waals surface area (Å²) in [6.45, 7) is 5.15. The Morgan fingerprint density at radius 2 is 2.11 bits per heavy atom. The topological polar surface area (TPSA) is 84.1 Å². The lowest BCUT2D eigenvalue weighted by Crippen LogP contribution is -2.44. The summed E-state index contributed by atoms with van der Waals surface area (Å²) < 4.78 is 0. The van der Waals surface area contributed by atoms with Gasteiger partial charge in [-0.05, 0) is 19.8 Å². The molecular weight excluding hydrogens is 230 g/mol. The summed E-state index contributed by atoms with van der Waals surface area (Å²) in [7, 11) is 0. The molecule has 1 aromatic rings. The van der Waals surface area contributed by atoms with Crippen molar-refractivity contribution in [1.82, 2.24) is 15.3 Å². The molecule has 0 radical (unpaired) electrons. The third kappa shape index (κ3) is 3.09. The van der Waals surface area contributed by atoms with Gasteiger partial charge >= 0.3 is 0 Å². The summed E-state index contributed by atoms with van der Waals surface area (Å²) in [6, 6.07) is 2.07. The minimum Gasteiger partial charge on any atom is -0.384 e. The Hall–Kier alpha value is -1.85. The lowest BCUT2D eigenvalue weighted by atomic mass is 10.1. The van der Waals surface area contributed by atoms with E-state index in [1.54, 1.807) is 13.0 Å². The zero-order chi connectivity index (χ0) is 13.1. The Bertz CT molecular complexity index is 420. The van der Waals surface area contributed by atoms with Gasteiger partial charge in [0.05, 0.1) is 0 Å². The molecule has 98 valence electrons. The second kappa shape index (κ2) is 5.20. The van der Waals surface area contributed by atoms with E-state index >= 15 is 0 Å². The van der Waals surface area contributed by atoms with Crippen molar-refractivity contribution in [1.29, 1.82) is 0 Å². The van der Waals surface area contributed by atoms with Crippen LogP contribution in [0.1, 0.15) is 25.6 Å². The summed E-state index contributed by atoms with van der Waals surface area (Å²) in [5.74, 6) is 2.10. The van der Waals surface area contributed by atoms with Crippen LogP contribution < -0.4 is 16.0 Å². The molecule has 1 aromatic heterocycles. The van der Waals surface area contributed by atoms with Gasteiger partial charge in [-0.25, -0.2) is 9.97 Å². The number of aryl methyl sites for hydroxylation is 1. The molecule has 2 rings (SSSR count). The van der Waals surface area contributed by atoms with Crippen molar-refractivity contribution in [2.75, 3.05) is 23.7 Å². The maximum atomic E-state index is 11.0. The van der Waals surface area contributed by atoms with Crippen molar-refractivity contribution in [3.8, 4) is 0 Å². The number of amides is 1. The number of anilines is 2. The first kappa shape index (κ1) is 12.6. The highest BCUT2D eigenvalue weighted by atomic mass is 16.1. The maximum absolute atomic E-state index is 11.0. The molecule has 1 fully saturated rings. The molecule has 0 spiro atoms. The van der Waals surface area contributed by atoms with Crippen molar-refractivity contribution in [3.63, 3.8) is 0 Å². The third-order valence-corrected chi connectivity index (χ3v) is 3.07. The Labute approximate surface area is 107 Å². The van der Waals surface area contributed by atoms with Gasteiger partial charge in [0.1, 0.15) is 17.5 Å². The van der Waals surface area contributed by atoms with Gasteiger partial charge in [0.2, 0.25) is 5.91 Å². The normalized spacial score (nSPS) is 16.7. The van der Waals surface area contributed by atoms with E-state index < -0.39 is 0 Å². The Kier molecular flexibility index (Phi) is 3.64. The summed E-state index contributed by atoms with van der Waals surface area (Å²) >= 11 is 0. The number of aromatic nitrogens is 2. The second-order valence-electron chi connectivity index (χ2n) is 4.66. The minimum absolute atomic E-state index is 0.0376. The van der Waals surface area contributed by atoms with E-state index in [-0.39, 0.29) is 11.9 Å². The third-order valence-electron chi connectivity index (χ3n) is 3.07. The van der Waals surface area contributed by atoms with Gasteiger partial charge in [0.15, 0.2) is 0 Å². The van der Waals surface area contributed by atoms with E-state index in [0.29, 0.717) is 11.6 Å². The SMILES string of the molecule is CC(=O)NC1CCN(c2cc(N)nc(C)n2)CC1. The van der Waals surface area contributed by atoms with Crippen LogP contribution in [-0.2, 0) is 4.79 Å². The van der Waals surface area contributed by atoms with Crippen LogP contribution in [0.25, 0.3) is 0 Å². The number of hydrogen-bond donors (Lipinski definition) is 2. The van der Waals surface area contributed by atoms with Crippen LogP contribution in [0.5, 0.6) is 0 Å². The zero-order valence-electron chi connectivity index (χ0n) is 10.8. The van der Waals surface area contributed by atoms with Gasteiger partial charge in [-0.1, -0.05) is 0 Å². The lowest BCUT2D eigenvalue weighted by Gasteiger charge is -2.33. The average Bonchev–Trinajstić information content (AvgIpc) is 2.27. The standard InChI is InChI=1S/C12H19N5O/c1-8-14-11(13)7-12(15-8)17-5-3-10(4-6-17)16-9(2)18/h7,10H,3-6H2,1-2H3,(H,16,18)(H2,13,14,15). The number of piperidine rings is 1. The fourth-order valence-corrected chi connectivity index (χ4v) is 2.28. The highest BCUT2D eigenvalue weighted by Crippen LogP contribution is 2.19. The molecule has 0 saturated carbocycles. The first-order valence-corrected chi connectivity index (χ1v) is 6.18. The summed E-state index contributed by atoms with van der Waals surface area (Å²) in [6.07, 6.45) is 1.87. The molecule has 1 aliphatic heterocycles. The number of hydrogen-bond acceptors (Lipinski definition) is 5. The number of carbonyl (C=O) groups is 1. The number of nitrogens with zero attached hydrogens (tertiary/aromatic N) is 3. The molecule has 2 heterocycles. The minimum atomic E-state index is 0.0376. The smallest absolute Gasteiger partial charge is 0.217 e. The first-order valence-electron chi connectivity index (χ1n) is 6.18. The van der Waals surface area contributed by atoms with Gasteiger partial charge in [0.25, 0.3) is 0 Å². The summed E-state index contributed by atoms with van der Waals surface area (Å²) in [4.78, 5) is 21.6. The van der Waals surface area contributed by atoms with E-state index in [4.69, 9.17) is 5.73 Å². The zero-order valence-corrected chi connectivity index (χ0v) is 10.8. The fourth-order valence-electron chi connectivity index (χ4n) is 2.28. The predicted molar refractivity (Wildman–Crippen MR) is 70.2 cm³/mol. The molecule has 3 N–H and O–H groups in total. The van der Waals surface area contributed by atoms with Crippen LogP contribution in [0.2, 0.25) is 0 Å². The van der Waals surface area contributed by atoms with Crippen LogP contribution in [-0.4, -0.2) is 35.0 Å². The van der Waals surface area contributed by atoms with Gasteiger partial charge in [0, 0.05) is 32.1 Å². The molecule has 0 unspecified atom stereocenters. The van der Waals surface area contributed by atoms with Gasteiger partial charge in [-0.2, -0.15) is 0 Å². The molecule has 6 heteroatoms.